The van der Waals surface area contributed by atoms with Crippen LogP contribution in [0.5, 0.6) is 0 Å². The Morgan fingerprint density at radius 2 is 2.17 bits per heavy atom. The first-order chi connectivity index (χ1) is 11.0. The van der Waals surface area contributed by atoms with Crippen molar-refractivity contribution in [2.45, 2.75) is 12.5 Å². The lowest BCUT2D eigenvalue weighted by Gasteiger charge is -2.40. The number of sulfonamides is 1. The number of amides is 1. The van der Waals surface area contributed by atoms with Gasteiger partial charge in [-0.15, -0.1) is 4.99 Å². The number of aliphatic imine (C=N–C) groups is 1. The van der Waals surface area contributed by atoms with E-state index < -0.39 is 49.8 Å². The number of nitrogens with one attached hydrogen (secondary N) is 1. The van der Waals surface area contributed by atoms with Crippen molar-refractivity contribution in [1.82, 2.24) is 9.62 Å². The SMILES string of the molecule is CN1C(=NC(=O)O)NC(C)(c2cc([N+](=O)[O-])ccc2F)CS1(=O)=O. The Morgan fingerprint density at radius 1 is 1.54 bits per heavy atom. The topological polar surface area (TPSA) is 142 Å². The molecule has 1 aliphatic rings. The zero-order valence-corrected chi connectivity index (χ0v) is 13.4. The highest BCUT2D eigenvalue weighted by Crippen LogP contribution is 2.32. The zero-order chi connectivity index (χ0) is 18.3. The lowest BCUT2D eigenvalue weighted by atomic mass is 9.93. The number of carbonyl (C=O) groups is 1. The normalized spacial score (nSPS) is 24.5. The summed E-state index contributed by atoms with van der Waals surface area (Å²) in [5.41, 5.74) is -2.36. The van der Waals surface area contributed by atoms with Crippen LogP contribution >= 0.6 is 0 Å². The minimum absolute atomic E-state index is 0.286. The van der Waals surface area contributed by atoms with E-state index >= 15 is 0 Å². The first kappa shape index (κ1) is 17.6. The monoisotopic (exact) mass is 360 g/mol. The number of hydrogen-bond donors (Lipinski definition) is 2. The van der Waals surface area contributed by atoms with Gasteiger partial charge in [-0.25, -0.2) is 21.9 Å². The molecule has 0 bridgehead atoms. The van der Waals surface area contributed by atoms with E-state index in [1.54, 1.807) is 0 Å². The van der Waals surface area contributed by atoms with E-state index in [-0.39, 0.29) is 5.56 Å². The van der Waals surface area contributed by atoms with Gasteiger partial charge < -0.3 is 10.4 Å². The highest BCUT2D eigenvalue weighted by atomic mass is 32.2. The molecule has 1 heterocycles. The van der Waals surface area contributed by atoms with Crippen molar-refractivity contribution in [3.8, 4) is 0 Å². The molecule has 2 rings (SSSR count). The standard InChI is InChI=1S/C12H13FN4O6S/c1-12(8-5-7(17(20)21)3-4-9(8)13)6-24(22,23)16(2)10(15-12)14-11(18)19/h3-5H,6H2,1-2H3,(H,14,15)(H,18,19). The van der Waals surface area contributed by atoms with Crippen LogP contribution in [0.25, 0.3) is 0 Å². The Labute approximate surface area is 135 Å². The van der Waals surface area contributed by atoms with Gasteiger partial charge >= 0.3 is 6.09 Å². The molecule has 1 aliphatic heterocycles. The third-order valence-electron chi connectivity index (χ3n) is 3.53. The summed E-state index contributed by atoms with van der Waals surface area (Å²) in [6.45, 7) is 1.29. The van der Waals surface area contributed by atoms with Crippen molar-refractivity contribution in [3.05, 3.63) is 39.7 Å². The number of carboxylic acid groups (broad SMARTS) is 1. The molecule has 0 radical (unpaired) electrons. The molecule has 1 aromatic rings. The number of guanidine groups is 1. The van der Waals surface area contributed by atoms with Crippen molar-refractivity contribution in [2.24, 2.45) is 4.99 Å². The van der Waals surface area contributed by atoms with Crippen molar-refractivity contribution >= 4 is 27.8 Å². The second-order valence-corrected chi connectivity index (χ2v) is 7.32. The molecular formula is C12H13FN4O6S. The summed E-state index contributed by atoms with van der Waals surface area (Å²) in [4.78, 5) is 24.0. The Kier molecular flexibility index (Phi) is 4.18. The predicted octanol–water partition coefficient (Wildman–Crippen LogP) is 0.848. The zero-order valence-electron chi connectivity index (χ0n) is 12.6. The van der Waals surface area contributed by atoms with Gasteiger partial charge in [0.2, 0.25) is 16.0 Å². The Bertz CT molecular complexity index is 855. The molecule has 0 aliphatic carbocycles. The first-order valence-electron chi connectivity index (χ1n) is 6.47. The molecule has 10 nitrogen and oxygen atoms in total. The van der Waals surface area contributed by atoms with Gasteiger partial charge in [0.1, 0.15) is 5.82 Å². The Morgan fingerprint density at radius 3 is 2.71 bits per heavy atom. The molecule has 2 N–H and O–H groups in total. The van der Waals surface area contributed by atoms with Crippen LogP contribution in [0.4, 0.5) is 14.9 Å². The predicted molar refractivity (Wildman–Crippen MR) is 80.6 cm³/mol. The third kappa shape index (κ3) is 3.13. The second-order valence-electron chi connectivity index (χ2n) is 5.32. The fourth-order valence-electron chi connectivity index (χ4n) is 2.34. The van der Waals surface area contributed by atoms with E-state index in [1.807, 2.05) is 0 Å². The van der Waals surface area contributed by atoms with Crippen LogP contribution in [0.15, 0.2) is 23.2 Å². The minimum atomic E-state index is -4.02. The van der Waals surface area contributed by atoms with Crippen molar-refractivity contribution < 1.29 is 27.6 Å². The molecule has 24 heavy (non-hydrogen) atoms. The second kappa shape index (κ2) is 5.70. The van der Waals surface area contributed by atoms with E-state index in [9.17, 15) is 27.7 Å². The molecule has 0 spiro atoms. The van der Waals surface area contributed by atoms with Gasteiger partial charge in [-0.05, 0) is 13.0 Å². The van der Waals surface area contributed by atoms with E-state index in [1.165, 1.54) is 6.92 Å². The van der Waals surface area contributed by atoms with Gasteiger partial charge in [-0.3, -0.25) is 10.1 Å². The Balaban J connectivity index is 2.62. The maximum atomic E-state index is 14.2. The van der Waals surface area contributed by atoms with E-state index in [4.69, 9.17) is 5.11 Å². The molecular weight excluding hydrogens is 347 g/mol. The van der Waals surface area contributed by atoms with Crippen molar-refractivity contribution in [1.29, 1.82) is 0 Å². The van der Waals surface area contributed by atoms with Crippen molar-refractivity contribution in [2.75, 3.05) is 12.8 Å². The molecule has 1 amide bonds. The molecule has 12 heteroatoms. The number of nitrogens with zero attached hydrogens (tertiary/aromatic N) is 3. The van der Waals surface area contributed by atoms with Crippen LogP contribution in [0.1, 0.15) is 12.5 Å². The highest BCUT2D eigenvalue weighted by Gasteiger charge is 2.44. The lowest BCUT2D eigenvalue weighted by molar-refractivity contribution is -0.385. The smallest absolute Gasteiger partial charge is 0.434 e. The maximum Gasteiger partial charge on any atom is 0.434 e. The number of rotatable bonds is 2. The lowest BCUT2D eigenvalue weighted by Crippen LogP contribution is -2.61. The van der Waals surface area contributed by atoms with Gasteiger partial charge in [0.05, 0.1) is 16.2 Å². The summed E-state index contributed by atoms with van der Waals surface area (Å²) >= 11 is 0. The molecule has 1 fully saturated rings. The van der Waals surface area contributed by atoms with Gasteiger partial charge in [-0.2, -0.15) is 0 Å². The fourth-order valence-corrected chi connectivity index (χ4v) is 3.84. The number of nitro benzene ring substituents is 1. The fraction of sp³-hybridized carbons (Fsp3) is 0.333. The Hall–Kier alpha value is -2.76. The average molecular weight is 360 g/mol. The van der Waals surface area contributed by atoms with E-state index in [2.05, 4.69) is 10.3 Å². The summed E-state index contributed by atoms with van der Waals surface area (Å²) < 4.78 is 39.3. The molecule has 0 aromatic heterocycles. The minimum Gasteiger partial charge on any atom is -0.463 e. The highest BCUT2D eigenvalue weighted by molar-refractivity contribution is 7.89. The molecule has 1 atom stereocenters. The quantitative estimate of drug-likeness (QED) is 0.588. The largest absolute Gasteiger partial charge is 0.463 e. The number of non-ortho nitro benzene ring substituents is 1. The number of benzene rings is 1. The molecule has 0 saturated carbocycles. The molecule has 1 saturated heterocycles. The van der Waals surface area contributed by atoms with Crippen LogP contribution in [-0.2, 0) is 15.6 Å². The van der Waals surface area contributed by atoms with Crippen LogP contribution < -0.4 is 5.32 Å². The van der Waals surface area contributed by atoms with E-state index in [0.717, 1.165) is 25.2 Å². The number of hydrogen-bond acceptors (Lipinski definition) is 5. The van der Waals surface area contributed by atoms with Gasteiger partial charge in [0.25, 0.3) is 5.69 Å². The van der Waals surface area contributed by atoms with Crippen LogP contribution in [0, 0.1) is 15.9 Å². The van der Waals surface area contributed by atoms with Gasteiger partial charge in [0, 0.05) is 24.7 Å². The van der Waals surface area contributed by atoms with Crippen molar-refractivity contribution in [3.63, 3.8) is 0 Å². The summed E-state index contributed by atoms with van der Waals surface area (Å²) in [6, 6.07) is 2.69. The van der Waals surface area contributed by atoms with Crippen LogP contribution in [-0.4, -0.2) is 47.6 Å². The molecule has 1 unspecified atom stereocenters. The first-order valence-corrected chi connectivity index (χ1v) is 8.08. The summed E-state index contributed by atoms with van der Waals surface area (Å²) in [5.74, 6) is -2.04. The number of nitro groups is 1. The van der Waals surface area contributed by atoms with Gasteiger partial charge in [-0.1, -0.05) is 0 Å². The van der Waals surface area contributed by atoms with E-state index in [0.29, 0.717) is 4.31 Å². The average Bonchev–Trinajstić information content (AvgIpc) is 2.43. The third-order valence-corrected chi connectivity index (χ3v) is 5.48. The summed E-state index contributed by atoms with van der Waals surface area (Å²) in [6.07, 6.45) is -1.65. The van der Waals surface area contributed by atoms with Gasteiger partial charge in [0.15, 0.2) is 0 Å². The summed E-state index contributed by atoms with van der Waals surface area (Å²) in [7, 11) is -2.93. The van der Waals surface area contributed by atoms with Crippen LogP contribution in [0.3, 0.4) is 0 Å². The molecule has 130 valence electrons. The van der Waals surface area contributed by atoms with Crippen LogP contribution in [0.2, 0.25) is 0 Å². The molecule has 1 aromatic carbocycles. The maximum absolute atomic E-state index is 14.2. The number of halogens is 1. The summed E-state index contributed by atoms with van der Waals surface area (Å²) in [5, 5.41) is 22.2.